The number of nitrogens with one attached hydrogen (secondary N) is 1. The van der Waals surface area contributed by atoms with Crippen molar-refractivity contribution in [3.8, 4) is 5.75 Å². The number of hydrogen-bond acceptors (Lipinski definition) is 5. The number of esters is 1. The number of nitrogens with two attached hydrogens (primary N) is 1. The van der Waals surface area contributed by atoms with Gasteiger partial charge in [0.1, 0.15) is 5.75 Å². The van der Waals surface area contributed by atoms with Crippen molar-refractivity contribution >= 4 is 17.6 Å². The van der Waals surface area contributed by atoms with Gasteiger partial charge >= 0.3 is 5.97 Å². The number of carbonyl (C=O) groups excluding carboxylic acids is 2. The summed E-state index contributed by atoms with van der Waals surface area (Å²) in [5, 5.41) is 2.67. The van der Waals surface area contributed by atoms with Crippen LogP contribution in [0.1, 0.15) is 31.1 Å². The zero-order valence-electron chi connectivity index (χ0n) is 12.6. The number of hydrogen-bond donors (Lipinski definition) is 2. The van der Waals surface area contributed by atoms with Crippen LogP contribution in [0.25, 0.3) is 0 Å². The summed E-state index contributed by atoms with van der Waals surface area (Å²) in [6.45, 7) is 6.54. The molecule has 1 aromatic carbocycles. The first-order valence-corrected chi connectivity index (χ1v) is 6.90. The molecule has 21 heavy (non-hydrogen) atoms. The van der Waals surface area contributed by atoms with Gasteiger partial charge in [-0.2, -0.15) is 0 Å². The van der Waals surface area contributed by atoms with Crippen molar-refractivity contribution in [3.63, 3.8) is 0 Å². The van der Waals surface area contributed by atoms with E-state index in [4.69, 9.17) is 15.2 Å². The molecule has 0 spiro atoms. The molecule has 0 atom stereocenters. The van der Waals surface area contributed by atoms with E-state index in [2.05, 4.69) is 5.32 Å². The third-order valence-corrected chi connectivity index (χ3v) is 2.59. The summed E-state index contributed by atoms with van der Waals surface area (Å²) >= 11 is 0. The van der Waals surface area contributed by atoms with E-state index in [1.807, 2.05) is 20.8 Å². The summed E-state index contributed by atoms with van der Waals surface area (Å²) in [7, 11) is 0. The van der Waals surface area contributed by atoms with E-state index < -0.39 is 5.97 Å². The number of benzene rings is 1. The summed E-state index contributed by atoms with van der Waals surface area (Å²) in [5.74, 6) is -0.0558. The number of ether oxygens (including phenoxy) is 2. The Hall–Kier alpha value is -2.24. The zero-order chi connectivity index (χ0) is 15.8. The normalized spacial score (nSPS) is 10.3. The Morgan fingerprint density at radius 3 is 2.62 bits per heavy atom. The minimum atomic E-state index is -0.593. The Labute approximate surface area is 124 Å². The SMILES string of the molecule is CCOc1ccc(C(=O)OCC(=O)NCC(C)C)cc1N. The molecule has 0 saturated heterocycles. The fourth-order valence-electron chi connectivity index (χ4n) is 1.55. The van der Waals surface area contributed by atoms with E-state index in [1.165, 1.54) is 6.07 Å². The Balaban J connectivity index is 2.52. The van der Waals surface area contributed by atoms with Gasteiger partial charge in [-0.3, -0.25) is 4.79 Å². The van der Waals surface area contributed by atoms with Crippen molar-refractivity contribution in [3.05, 3.63) is 23.8 Å². The summed E-state index contributed by atoms with van der Waals surface area (Å²) in [6.07, 6.45) is 0. The molecule has 1 amide bonds. The lowest BCUT2D eigenvalue weighted by Gasteiger charge is -2.10. The zero-order valence-corrected chi connectivity index (χ0v) is 12.6. The molecule has 0 saturated carbocycles. The van der Waals surface area contributed by atoms with Crippen molar-refractivity contribution in [2.45, 2.75) is 20.8 Å². The molecule has 0 unspecified atom stereocenters. The molecule has 0 bridgehead atoms. The first-order chi connectivity index (χ1) is 9.93. The summed E-state index contributed by atoms with van der Waals surface area (Å²) < 4.78 is 10.2. The molecule has 1 rings (SSSR count). The van der Waals surface area contributed by atoms with Crippen molar-refractivity contribution in [2.24, 2.45) is 5.92 Å². The predicted octanol–water partition coefficient (Wildman–Crippen LogP) is 1.60. The largest absolute Gasteiger partial charge is 0.492 e. The molecule has 0 aliphatic heterocycles. The first kappa shape index (κ1) is 16.8. The molecule has 1 aromatic rings. The standard InChI is InChI=1S/C15H22N2O4/c1-4-20-13-6-5-11(7-12(13)16)15(19)21-9-14(18)17-8-10(2)3/h5-7,10H,4,8-9,16H2,1-3H3,(H,17,18). The van der Waals surface area contributed by atoms with Crippen LogP contribution < -0.4 is 15.8 Å². The Kier molecular flexibility index (Phi) is 6.52. The highest BCUT2D eigenvalue weighted by molar-refractivity contribution is 5.92. The van der Waals surface area contributed by atoms with Gasteiger partial charge in [-0.1, -0.05) is 13.8 Å². The van der Waals surface area contributed by atoms with E-state index >= 15 is 0 Å². The smallest absolute Gasteiger partial charge is 0.338 e. The van der Waals surface area contributed by atoms with Crippen LogP contribution in [0.15, 0.2) is 18.2 Å². The van der Waals surface area contributed by atoms with E-state index in [9.17, 15) is 9.59 Å². The van der Waals surface area contributed by atoms with E-state index in [1.54, 1.807) is 12.1 Å². The number of amides is 1. The third kappa shape index (κ3) is 5.72. The summed E-state index contributed by atoms with van der Waals surface area (Å²) in [4.78, 5) is 23.3. The van der Waals surface area contributed by atoms with Gasteiger partial charge in [0, 0.05) is 6.54 Å². The Morgan fingerprint density at radius 2 is 2.05 bits per heavy atom. The van der Waals surface area contributed by atoms with Gasteiger partial charge in [0.2, 0.25) is 0 Å². The molecule has 6 heteroatoms. The van der Waals surface area contributed by atoms with Gasteiger partial charge in [0.25, 0.3) is 5.91 Å². The molecule has 0 radical (unpaired) electrons. The van der Waals surface area contributed by atoms with Gasteiger partial charge in [-0.15, -0.1) is 0 Å². The van der Waals surface area contributed by atoms with E-state index in [0.717, 1.165) is 0 Å². The fourth-order valence-corrected chi connectivity index (χ4v) is 1.55. The van der Waals surface area contributed by atoms with Crippen LogP contribution in [0.4, 0.5) is 5.69 Å². The highest BCUT2D eigenvalue weighted by Crippen LogP contribution is 2.22. The van der Waals surface area contributed by atoms with Crippen LogP contribution in [0, 0.1) is 5.92 Å². The van der Waals surface area contributed by atoms with Gasteiger partial charge in [0.15, 0.2) is 6.61 Å². The average molecular weight is 294 g/mol. The van der Waals surface area contributed by atoms with Crippen LogP contribution in [0.2, 0.25) is 0 Å². The van der Waals surface area contributed by atoms with Gasteiger partial charge in [0.05, 0.1) is 17.9 Å². The first-order valence-electron chi connectivity index (χ1n) is 6.90. The van der Waals surface area contributed by atoms with Crippen LogP contribution in [0.5, 0.6) is 5.75 Å². The molecule has 0 heterocycles. The maximum atomic E-state index is 11.8. The number of anilines is 1. The number of carbonyl (C=O) groups is 2. The fraction of sp³-hybridized carbons (Fsp3) is 0.467. The molecule has 0 aliphatic rings. The van der Waals surface area contributed by atoms with Gasteiger partial charge in [-0.05, 0) is 31.0 Å². The van der Waals surface area contributed by atoms with Crippen molar-refractivity contribution in [1.29, 1.82) is 0 Å². The molecule has 3 N–H and O–H groups in total. The maximum absolute atomic E-state index is 11.8. The molecular weight excluding hydrogens is 272 g/mol. The molecule has 116 valence electrons. The molecule has 0 fully saturated rings. The highest BCUT2D eigenvalue weighted by atomic mass is 16.5. The molecule has 6 nitrogen and oxygen atoms in total. The second-order valence-electron chi connectivity index (χ2n) is 4.96. The molecular formula is C15H22N2O4. The van der Waals surface area contributed by atoms with Crippen LogP contribution in [-0.2, 0) is 9.53 Å². The lowest BCUT2D eigenvalue weighted by atomic mass is 10.2. The van der Waals surface area contributed by atoms with E-state index in [0.29, 0.717) is 30.5 Å². The van der Waals surface area contributed by atoms with Crippen LogP contribution in [-0.4, -0.2) is 31.6 Å². The second-order valence-corrected chi connectivity index (χ2v) is 4.96. The van der Waals surface area contributed by atoms with Crippen LogP contribution in [0.3, 0.4) is 0 Å². The minimum Gasteiger partial charge on any atom is -0.492 e. The van der Waals surface area contributed by atoms with E-state index in [-0.39, 0.29) is 18.1 Å². The third-order valence-electron chi connectivity index (χ3n) is 2.59. The minimum absolute atomic E-state index is 0.285. The van der Waals surface area contributed by atoms with Crippen molar-refractivity contribution < 1.29 is 19.1 Å². The predicted molar refractivity (Wildman–Crippen MR) is 80.2 cm³/mol. The average Bonchev–Trinajstić information content (AvgIpc) is 2.44. The summed E-state index contributed by atoms with van der Waals surface area (Å²) in [5.41, 5.74) is 6.41. The molecule has 0 aromatic heterocycles. The van der Waals surface area contributed by atoms with Crippen LogP contribution >= 0.6 is 0 Å². The Bertz CT molecular complexity index is 500. The van der Waals surface area contributed by atoms with Gasteiger partial charge < -0.3 is 20.5 Å². The van der Waals surface area contributed by atoms with Crippen molar-refractivity contribution in [1.82, 2.24) is 5.32 Å². The Morgan fingerprint density at radius 1 is 1.33 bits per heavy atom. The lowest BCUT2D eigenvalue weighted by Crippen LogP contribution is -2.31. The quantitative estimate of drug-likeness (QED) is 0.589. The monoisotopic (exact) mass is 294 g/mol. The van der Waals surface area contributed by atoms with Gasteiger partial charge in [-0.25, -0.2) is 4.79 Å². The number of nitrogen functional groups attached to an aromatic ring is 1. The second kappa shape index (κ2) is 8.14. The lowest BCUT2D eigenvalue weighted by molar-refractivity contribution is -0.124. The summed E-state index contributed by atoms with van der Waals surface area (Å²) in [6, 6.07) is 4.63. The maximum Gasteiger partial charge on any atom is 0.338 e. The number of rotatable bonds is 7. The van der Waals surface area contributed by atoms with Crippen molar-refractivity contribution in [2.75, 3.05) is 25.5 Å². The topological polar surface area (TPSA) is 90.6 Å². The highest BCUT2D eigenvalue weighted by Gasteiger charge is 2.12. The molecule has 0 aliphatic carbocycles.